The molecule has 8 nitrogen and oxygen atoms in total. The van der Waals surface area contributed by atoms with E-state index in [0.717, 1.165) is 37.9 Å². The fraction of sp³-hybridized carbons (Fsp3) is 0.529. The zero-order chi connectivity index (χ0) is 17.8. The summed E-state index contributed by atoms with van der Waals surface area (Å²) in [6.07, 6.45) is 5.21. The Labute approximate surface area is 147 Å². The molecule has 1 unspecified atom stereocenters. The van der Waals surface area contributed by atoms with E-state index in [1.807, 2.05) is 37.6 Å². The van der Waals surface area contributed by atoms with Crippen molar-refractivity contribution in [1.82, 2.24) is 24.6 Å². The molecule has 1 aliphatic heterocycles. The summed E-state index contributed by atoms with van der Waals surface area (Å²) in [6, 6.07) is 3.65. The smallest absolute Gasteiger partial charge is 0.242 e. The number of anilines is 2. The standard InChI is InChI=1S/C17H25N7O/c1-13(2)24-15(5-8-20-24)21-16(25)14(3)22-9-11-23(12-10-22)17-18-6-4-7-19-17/h4-8,13-14H,9-12H2,1-3H3,(H,21,25). The van der Waals surface area contributed by atoms with E-state index in [1.54, 1.807) is 18.6 Å². The van der Waals surface area contributed by atoms with Gasteiger partial charge in [0.15, 0.2) is 0 Å². The zero-order valence-electron chi connectivity index (χ0n) is 15.0. The number of rotatable bonds is 5. The van der Waals surface area contributed by atoms with E-state index in [9.17, 15) is 4.79 Å². The molecule has 2 aromatic rings. The Morgan fingerprint density at radius 2 is 1.76 bits per heavy atom. The molecule has 1 N–H and O–H groups in total. The Morgan fingerprint density at radius 3 is 2.40 bits per heavy atom. The Hall–Kier alpha value is -2.48. The molecular weight excluding hydrogens is 318 g/mol. The van der Waals surface area contributed by atoms with E-state index in [2.05, 4.69) is 30.2 Å². The molecule has 0 spiro atoms. The molecule has 2 aromatic heterocycles. The minimum Gasteiger partial charge on any atom is -0.338 e. The van der Waals surface area contributed by atoms with Gasteiger partial charge in [0.05, 0.1) is 12.2 Å². The largest absolute Gasteiger partial charge is 0.338 e. The maximum Gasteiger partial charge on any atom is 0.242 e. The predicted molar refractivity (Wildman–Crippen MR) is 96.5 cm³/mol. The molecule has 0 bridgehead atoms. The van der Waals surface area contributed by atoms with Crippen LogP contribution in [-0.4, -0.2) is 62.8 Å². The van der Waals surface area contributed by atoms with Crippen molar-refractivity contribution < 1.29 is 4.79 Å². The molecule has 8 heteroatoms. The van der Waals surface area contributed by atoms with Gasteiger partial charge in [0.1, 0.15) is 5.82 Å². The van der Waals surface area contributed by atoms with E-state index >= 15 is 0 Å². The highest BCUT2D eigenvalue weighted by Gasteiger charge is 2.27. The second kappa shape index (κ2) is 7.60. The van der Waals surface area contributed by atoms with Crippen LogP contribution in [0.25, 0.3) is 0 Å². The summed E-state index contributed by atoms with van der Waals surface area (Å²) in [7, 11) is 0. The molecule has 0 saturated carbocycles. The van der Waals surface area contributed by atoms with Crippen molar-refractivity contribution in [3.63, 3.8) is 0 Å². The van der Waals surface area contributed by atoms with Crippen molar-refractivity contribution in [3.8, 4) is 0 Å². The van der Waals surface area contributed by atoms with Crippen LogP contribution in [0.4, 0.5) is 11.8 Å². The number of nitrogens with one attached hydrogen (secondary N) is 1. The highest BCUT2D eigenvalue weighted by Crippen LogP contribution is 2.16. The van der Waals surface area contributed by atoms with Crippen LogP contribution in [0.3, 0.4) is 0 Å². The summed E-state index contributed by atoms with van der Waals surface area (Å²) in [5.41, 5.74) is 0. The average Bonchev–Trinajstić information content (AvgIpc) is 3.10. The Morgan fingerprint density at radius 1 is 1.08 bits per heavy atom. The van der Waals surface area contributed by atoms with E-state index < -0.39 is 0 Å². The number of carbonyl (C=O) groups is 1. The summed E-state index contributed by atoms with van der Waals surface area (Å²) in [5, 5.41) is 7.25. The van der Waals surface area contributed by atoms with Crippen LogP contribution in [0.15, 0.2) is 30.7 Å². The summed E-state index contributed by atoms with van der Waals surface area (Å²) in [6.45, 7) is 9.25. The number of carbonyl (C=O) groups excluding carboxylic acids is 1. The first kappa shape index (κ1) is 17.3. The van der Waals surface area contributed by atoms with Gasteiger partial charge in [-0.3, -0.25) is 9.69 Å². The number of amides is 1. The van der Waals surface area contributed by atoms with E-state index in [0.29, 0.717) is 0 Å². The lowest BCUT2D eigenvalue weighted by atomic mass is 10.2. The molecule has 134 valence electrons. The predicted octanol–water partition coefficient (Wildman–Crippen LogP) is 1.40. The maximum absolute atomic E-state index is 12.6. The van der Waals surface area contributed by atoms with Crippen molar-refractivity contribution in [3.05, 3.63) is 30.7 Å². The molecule has 3 heterocycles. The number of piperazine rings is 1. The molecular formula is C17H25N7O. The van der Waals surface area contributed by atoms with Gasteiger partial charge in [-0.2, -0.15) is 5.10 Å². The Balaban J connectivity index is 1.56. The molecule has 3 rings (SSSR count). The zero-order valence-corrected chi connectivity index (χ0v) is 15.0. The van der Waals surface area contributed by atoms with Gasteiger partial charge in [0.25, 0.3) is 0 Å². The second-order valence-corrected chi connectivity index (χ2v) is 6.49. The fourth-order valence-electron chi connectivity index (χ4n) is 2.99. The third kappa shape index (κ3) is 3.96. The van der Waals surface area contributed by atoms with Gasteiger partial charge in [0.2, 0.25) is 11.9 Å². The van der Waals surface area contributed by atoms with Crippen LogP contribution in [-0.2, 0) is 4.79 Å². The van der Waals surface area contributed by atoms with E-state index in [-0.39, 0.29) is 18.0 Å². The summed E-state index contributed by atoms with van der Waals surface area (Å²) in [5.74, 6) is 1.48. The average molecular weight is 343 g/mol. The minimum atomic E-state index is -0.200. The lowest BCUT2D eigenvalue weighted by Crippen LogP contribution is -2.53. The number of hydrogen-bond acceptors (Lipinski definition) is 6. The number of hydrogen-bond donors (Lipinski definition) is 1. The van der Waals surface area contributed by atoms with E-state index in [1.165, 1.54) is 0 Å². The van der Waals surface area contributed by atoms with Gasteiger partial charge in [-0.05, 0) is 26.8 Å². The molecule has 1 amide bonds. The third-order valence-electron chi connectivity index (χ3n) is 4.49. The van der Waals surface area contributed by atoms with Crippen molar-refractivity contribution in [1.29, 1.82) is 0 Å². The molecule has 0 aromatic carbocycles. The molecule has 25 heavy (non-hydrogen) atoms. The Bertz CT molecular complexity index is 692. The number of nitrogens with zero attached hydrogens (tertiary/aromatic N) is 6. The van der Waals surface area contributed by atoms with Crippen LogP contribution in [0.5, 0.6) is 0 Å². The molecule has 1 fully saturated rings. The first-order valence-corrected chi connectivity index (χ1v) is 8.66. The SMILES string of the molecule is CC(C(=O)Nc1ccnn1C(C)C)N1CCN(c2ncccn2)CC1. The quantitative estimate of drug-likeness (QED) is 0.884. The van der Waals surface area contributed by atoms with Gasteiger partial charge >= 0.3 is 0 Å². The third-order valence-corrected chi connectivity index (χ3v) is 4.49. The van der Waals surface area contributed by atoms with Crippen LogP contribution >= 0.6 is 0 Å². The minimum absolute atomic E-state index is 0.00758. The topological polar surface area (TPSA) is 79.2 Å². The Kier molecular flexibility index (Phi) is 5.28. The highest BCUT2D eigenvalue weighted by molar-refractivity contribution is 5.93. The van der Waals surface area contributed by atoms with Gasteiger partial charge in [0, 0.05) is 50.7 Å². The van der Waals surface area contributed by atoms with Gasteiger partial charge in [-0.15, -0.1) is 0 Å². The van der Waals surface area contributed by atoms with Crippen molar-refractivity contribution >= 4 is 17.7 Å². The monoisotopic (exact) mass is 343 g/mol. The molecule has 1 atom stereocenters. The van der Waals surface area contributed by atoms with Crippen molar-refractivity contribution in [2.24, 2.45) is 0 Å². The molecule has 1 saturated heterocycles. The molecule has 0 aliphatic carbocycles. The van der Waals surface area contributed by atoms with Gasteiger partial charge in [-0.25, -0.2) is 14.6 Å². The molecule has 0 radical (unpaired) electrons. The van der Waals surface area contributed by atoms with Gasteiger partial charge in [-0.1, -0.05) is 0 Å². The summed E-state index contributed by atoms with van der Waals surface area (Å²) in [4.78, 5) is 25.5. The summed E-state index contributed by atoms with van der Waals surface area (Å²) >= 11 is 0. The van der Waals surface area contributed by atoms with Crippen LogP contribution in [0.1, 0.15) is 26.8 Å². The fourth-order valence-corrected chi connectivity index (χ4v) is 2.99. The normalized spacial score (nSPS) is 16.9. The molecule has 1 aliphatic rings. The maximum atomic E-state index is 12.6. The van der Waals surface area contributed by atoms with Gasteiger partial charge < -0.3 is 10.2 Å². The number of aromatic nitrogens is 4. The second-order valence-electron chi connectivity index (χ2n) is 6.49. The van der Waals surface area contributed by atoms with Crippen LogP contribution in [0, 0.1) is 0 Å². The first-order valence-electron chi connectivity index (χ1n) is 8.66. The van der Waals surface area contributed by atoms with E-state index in [4.69, 9.17) is 0 Å². The van der Waals surface area contributed by atoms with Crippen molar-refractivity contribution in [2.75, 3.05) is 36.4 Å². The lowest BCUT2D eigenvalue weighted by Gasteiger charge is -2.37. The first-order chi connectivity index (χ1) is 12.1. The summed E-state index contributed by atoms with van der Waals surface area (Å²) < 4.78 is 1.81. The van der Waals surface area contributed by atoms with Crippen molar-refractivity contribution in [2.45, 2.75) is 32.9 Å². The van der Waals surface area contributed by atoms with Crippen LogP contribution in [0.2, 0.25) is 0 Å². The highest BCUT2D eigenvalue weighted by atomic mass is 16.2. The lowest BCUT2D eigenvalue weighted by molar-refractivity contribution is -0.120. The van der Waals surface area contributed by atoms with Crippen LogP contribution < -0.4 is 10.2 Å².